The van der Waals surface area contributed by atoms with E-state index in [2.05, 4.69) is 23.3 Å². The van der Waals surface area contributed by atoms with Crippen molar-refractivity contribution in [2.75, 3.05) is 45.8 Å². The molecule has 2 rings (SSSR count). The van der Waals surface area contributed by atoms with Gasteiger partial charge in [-0.3, -0.25) is 0 Å². The van der Waals surface area contributed by atoms with Gasteiger partial charge in [-0.05, 0) is 37.6 Å². The molecule has 1 N–H and O–H groups in total. The van der Waals surface area contributed by atoms with Crippen LogP contribution < -0.4 is 19.7 Å². The molecule has 0 radical (unpaired) electrons. The Balaban J connectivity index is 2.10. The largest absolute Gasteiger partial charge is 0.497 e. The predicted octanol–water partition coefficient (Wildman–Crippen LogP) is 1.75. The molecule has 0 aliphatic carbocycles. The van der Waals surface area contributed by atoms with Crippen LogP contribution in [0.25, 0.3) is 0 Å². The van der Waals surface area contributed by atoms with Gasteiger partial charge in [-0.25, -0.2) is 0 Å². The first kappa shape index (κ1) is 13.0. The normalized spacial score (nSPS) is 18.7. The van der Waals surface area contributed by atoms with E-state index in [1.54, 1.807) is 14.2 Å². The molecule has 1 unspecified atom stereocenters. The molecule has 4 heteroatoms. The van der Waals surface area contributed by atoms with Crippen LogP contribution >= 0.6 is 0 Å². The van der Waals surface area contributed by atoms with Gasteiger partial charge in [0, 0.05) is 19.7 Å². The van der Waals surface area contributed by atoms with E-state index in [1.165, 1.54) is 6.42 Å². The maximum absolute atomic E-state index is 5.44. The molecule has 1 fully saturated rings. The van der Waals surface area contributed by atoms with Crippen molar-refractivity contribution in [2.45, 2.75) is 6.42 Å². The van der Waals surface area contributed by atoms with Gasteiger partial charge < -0.3 is 19.7 Å². The number of nitrogens with zero attached hydrogens (tertiary/aromatic N) is 1. The van der Waals surface area contributed by atoms with Crippen molar-refractivity contribution in [3.05, 3.63) is 18.2 Å². The molecule has 0 amide bonds. The Morgan fingerprint density at radius 1 is 1.33 bits per heavy atom. The zero-order chi connectivity index (χ0) is 13.0. The lowest BCUT2D eigenvalue weighted by Gasteiger charge is -2.24. The number of nitrogens with one attached hydrogen (secondary N) is 1. The van der Waals surface area contributed by atoms with Crippen LogP contribution in [0.3, 0.4) is 0 Å². The van der Waals surface area contributed by atoms with Gasteiger partial charge in [-0.1, -0.05) is 0 Å². The summed E-state index contributed by atoms with van der Waals surface area (Å²) in [5.74, 6) is 2.41. The van der Waals surface area contributed by atoms with E-state index in [4.69, 9.17) is 9.47 Å². The van der Waals surface area contributed by atoms with Crippen LogP contribution in [0.1, 0.15) is 6.42 Å². The van der Waals surface area contributed by atoms with E-state index in [-0.39, 0.29) is 0 Å². The fourth-order valence-electron chi connectivity index (χ4n) is 2.46. The predicted molar refractivity (Wildman–Crippen MR) is 73.8 cm³/mol. The number of methoxy groups -OCH3 is 2. The van der Waals surface area contributed by atoms with Crippen LogP contribution in [0.5, 0.6) is 11.5 Å². The summed E-state index contributed by atoms with van der Waals surface area (Å²) in [5, 5.41) is 3.40. The monoisotopic (exact) mass is 250 g/mol. The lowest BCUT2D eigenvalue weighted by atomic mass is 10.1. The first-order valence-electron chi connectivity index (χ1n) is 6.38. The summed E-state index contributed by atoms with van der Waals surface area (Å²) in [6.07, 6.45) is 1.25. The Morgan fingerprint density at radius 3 is 2.78 bits per heavy atom. The highest BCUT2D eigenvalue weighted by Crippen LogP contribution is 2.32. The van der Waals surface area contributed by atoms with Crippen molar-refractivity contribution in [3.63, 3.8) is 0 Å². The maximum Gasteiger partial charge on any atom is 0.145 e. The highest BCUT2D eigenvalue weighted by molar-refractivity contribution is 5.60. The summed E-state index contributed by atoms with van der Waals surface area (Å²) in [6, 6.07) is 5.96. The minimum absolute atomic E-state index is 0.724. The van der Waals surface area contributed by atoms with E-state index in [0.717, 1.165) is 42.7 Å². The molecule has 4 nitrogen and oxygen atoms in total. The number of hydrogen-bond donors (Lipinski definition) is 1. The van der Waals surface area contributed by atoms with Gasteiger partial charge in [0.1, 0.15) is 11.5 Å². The fraction of sp³-hybridized carbons (Fsp3) is 0.571. The smallest absolute Gasteiger partial charge is 0.145 e. The van der Waals surface area contributed by atoms with Crippen molar-refractivity contribution < 1.29 is 9.47 Å². The van der Waals surface area contributed by atoms with Crippen LogP contribution in [-0.4, -0.2) is 40.9 Å². The van der Waals surface area contributed by atoms with Gasteiger partial charge in [0.05, 0.1) is 19.9 Å². The number of benzene rings is 1. The first-order valence-corrected chi connectivity index (χ1v) is 6.38. The topological polar surface area (TPSA) is 33.7 Å². The summed E-state index contributed by atoms with van der Waals surface area (Å²) >= 11 is 0. The lowest BCUT2D eigenvalue weighted by Crippen LogP contribution is -2.27. The zero-order valence-corrected chi connectivity index (χ0v) is 11.4. The molecule has 0 saturated carbocycles. The molecule has 0 aromatic heterocycles. The second-order valence-corrected chi connectivity index (χ2v) is 4.78. The average molecular weight is 250 g/mol. The molecule has 100 valence electrons. The van der Waals surface area contributed by atoms with Crippen LogP contribution in [-0.2, 0) is 0 Å². The Hall–Kier alpha value is -1.42. The zero-order valence-electron chi connectivity index (χ0n) is 11.4. The second kappa shape index (κ2) is 5.96. The number of rotatable bonds is 5. The third-order valence-corrected chi connectivity index (χ3v) is 3.49. The summed E-state index contributed by atoms with van der Waals surface area (Å²) in [7, 11) is 5.48. The van der Waals surface area contributed by atoms with Gasteiger partial charge in [0.15, 0.2) is 0 Å². The average Bonchev–Trinajstić information content (AvgIpc) is 2.90. The van der Waals surface area contributed by atoms with Gasteiger partial charge in [0.2, 0.25) is 0 Å². The quantitative estimate of drug-likeness (QED) is 0.863. The van der Waals surface area contributed by atoms with Gasteiger partial charge in [0.25, 0.3) is 0 Å². The molecular weight excluding hydrogens is 228 g/mol. The second-order valence-electron chi connectivity index (χ2n) is 4.78. The Morgan fingerprint density at radius 2 is 2.17 bits per heavy atom. The van der Waals surface area contributed by atoms with Crippen LogP contribution in [0.2, 0.25) is 0 Å². The van der Waals surface area contributed by atoms with E-state index >= 15 is 0 Å². The number of ether oxygens (including phenoxy) is 2. The van der Waals surface area contributed by atoms with E-state index < -0.39 is 0 Å². The molecule has 1 atom stereocenters. The van der Waals surface area contributed by atoms with Gasteiger partial charge >= 0.3 is 0 Å². The minimum atomic E-state index is 0.724. The molecule has 1 aliphatic heterocycles. The molecule has 1 aromatic carbocycles. The molecule has 1 heterocycles. The SMILES string of the molecule is COc1ccc(N(C)CC2CCNC2)c(OC)c1. The van der Waals surface area contributed by atoms with Gasteiger partial charge in [-0.15, -0.1) is 0 Å². The van der Waals surface area contributed by atoms with E-state index in [1.807, 2.05) is 12.1 Å². The van der Waals surface area contributed by atoms with E-state index in [0.29, 0.717) is 0 Å². The molecule has 1 saturated heterocycles. The third-order valence-electron chi connectivity index (χ3n) is 3.49. The highest BCUT2D eigenvalue weighted by Gasteiger charge is 2.18. The van der Waals surface area contributed by atoms with Crippen LogP contribution in [0.15, 0.2) is 18.2 Å². The minimum Gasteiger partial charge on any atom is -0.497 e. The molecular formula is C14H22N2O2. The van der Waals surface area contributed by atoms with Crippen LogP contribution in [0, 0.1) is 5.92 Å². The summed E-state index contributed by atoms with van der Waals surface area (Å²) in [5.41, 5.74) is 1.12. The third kappa shape index (κ3) is 2.88. The van der Waals surface area contributed by atoms with Crippen molar-refractivity contribution in [3.8, 4) is 11.5 Å². The van der Waals surface area contributed by atoms with Crippen molar-refractivity contribution in [1.29, 1.82) is 0 Å². The summed E-state index contributed by atoms with van der Waals surface area (Å²) < 4.78 is 10.7. The highest BCUT2D eigenvalue weighted by atomic mass is 16.5. The Bertz CT molecular complexity index is 389. The molecule has 0 spiro atoms. The molecule has 0 bridgehead atoms. The molecule has 18 heavy (non-hydrogen) atoms. The van der Waals surface area contributed by atoms with Crippen molar-refractivity contribution in [2.24, 2.45) is 5.92 Å². The molecule has 1 aliphatic rings. The van der Waals surface area contributed by atoms with E-state index in [9.17, 15) is 0 Å². The summed E-state index contributed by atoms with van der Waals surface area (Å²) in [6.45, 7) is 3.30. The first-order chi connectivity index (χ1) is 8.74. The fourth-order valence-corrected chi connectivity index (χ4v) is 2.46. The van der Waals surface area contributed by atoms with Crippen molar-refractivity contribution >= 4 is 5.69 Å². The number of anilines is 1. The lowest BCUT2D eigenvalue weighted by molar-refractivity contribution is 0.394. The maximum atomic E-state index is 5.44. The van der Waals surface area contributed by atoms with Gasteiger partial charge in [-0.2, -0.15) is 0 Å². The van der Waals surface area contributed by atoms with Crippen molar-refractivity contribution in [1.82, 2.24) is 5.32 Å². The summed E-state index contributed by atoms with van der Waals surface area (Å²) in [4.78, 5) is 2.26. The Kier molecular flexibility index (Phi) is 4.31. The van der Waals surface area contributed by atoms with Crippen LogP contribution in [0.4, 0.5) is 5.69 Å². The molecule has 1 aromatic rings. The number of hydrogen-bond acceptors (Lipinski definition) is 4. The Labute approximate surface area is 109 Å². The standard InChI is InChI=1S/C14H22N2O2/c1-16(10-11-6-7-15-9-11)13-5-4-12(17-2)8-14(13)18-3/h4-5,8,11,15H,6-7,9-10H2,1-3H3.